The van der Waals surface area contributed by atoms with Crippen molar-refractivity contribution in [2.75, 3.05) is 12.4 Å². The number of hydrogen-bond acceptors (Lipinski definition) is 4. The molecule has 0 aliphatic heterocycles. The van der Waals surface area contributed by atoms with E-state index in [2.05, 4.69) is 5.32 Å². The summed E-state index contributed by atoms with van der Waals surface area (Å²) < 4.78 is 6.43. The molecule has 1 amide bonds. The van der Waals surface area contributed by atoms with Crippen LogP contribution in [0.25, 0.3) is 10.9 Å². The smallest absolute Gasteiger partial charge is 0.339 e. The van der Waals surface area contributed by atoms with Crippen molar-refractivity contribution in [2.45, 2.75) is 0 Å². The lowest BCUT2D eigenvalue weighted by Crippen LogP contribution is -2.24. The van der Waals surface area contributed by atoms with Gasteiger partial charge in [0.1, 0.15) is 5.56 Å². The molecule has 0 aliphatic carbocycles. The largest absolute Gasteiger partial charge is 0.465 e. The standard InChI is InChI=1S/C19H16N2O4/c1-21-11-14(17(22)13-8-4-6-10-16(13)21)18(23)20-15-9-5-3-7-12(15)19(24)25-2/h3-11H,1-2H3,(H,20,23). The minimum absolute atomic E-state index is 0.000805. The molecule has 0 aliphatic rings. The maximum atomic E-state index is 12.6. The Balaban J connectivity index is 2.04. The molecule has 0 spiro atoms. The lowest BCUT2D eigenvalue weighted by molar-refractivity contribution is 0.0602. The Morgan fingerprint density at radius 3 is 2.44 bits per heavy atom. The molecule has 1 heterocycles. The minimum Gasteiger partial charge on any atom is -0.465 e. The van der Waals surface area contributed by atoms with Crippen molar-refractivity contribution in [1.29, 1.82) is 0 Å². The molecule has 2 aromatic carbocycles. The van der Waals surface area contributed by atoms with Crippen LogP contribution in [0.1, 0.15) is 20.7 Å². The van der Waals surface area contributed by atoms with E-state index in [1.165, 1.54) is 13.3 Å². The summed E-state index contributed by atoms with van der Waals surface area (Å²) in [4.78, 5) is 37.0. The number of methoxy groups -OCH3 is 1. The number of aromatic nitrogens is 1. The number of carbonyl (C=O) groups is 2. The molecule has 0 unspecified atom stereocenters. The van der Waals surface area contributed by atoms with Crippen molar-refractivity contribution >= 4 is 28.5 Å². The summed E-state index contributed by atoms with van der Waals surface area (Å²) in [6, 6.07) is 13.5. The second kappa shape index (κ2) is 6.60. The zero-order valence-corrected chi connectivity index (χ0v) is 13.8. The lowest BCUT2D eigenvalue weighted by Gasteiger charge is -2.11. The van der Waals surface area contributed by atoms with E-state index < -0.39 is 11.9 Å². The number of para-hydroxylation sites is 2. The normalized spacial score (nSPS) is 10.5. The second-order valence-electron chi connectivity index (χ2n) is 5.49. The van der Waals surface area contributed by atoms with E-state index in [1.807, 2.05) is 12.1 Å². The van der Waals surface area contributed by atoms with Crippen molar-refractivity contribution in [3.63, 3.8) is 0 Å². The van der Waals surface area contributed by atoms with E-state index in [0.717, 1.165) is 5.52 Å². The van der Waals surface area contributed by atoms with E-state index in [0.29, 0.717) is 5.39 Å². The number of pyridine rings is 1. The number of nitrogens with zero attached hydrogens (tertiary/aromatic N) is 1. The van der Waals surface area contributed by atoms with Crippen molar-refractivity contribution in [3.05, 3.63) is 76.1 Å². The number of aryl methyl sites for hydroxylation is 1. The lowest BCUT2D eigenvalue weighted by atomic mass is 10.1. The zero-order chi connectivity index (χ0) is 18.0. The number of hydrogen-bond donors (Lipinski definition) is 1. The average molecular weight is 336 g/mol. The van der Waals surface area contributed by atoms with Crippen LogP contribution in [-0.4, -0.2) is 23.6 Å². The Morgan fingerprint density at radius 1 is 1.00 bits per heavy atom. The third kappa shape index (κ3) is 3.01. The van der Waals surface area contributed by atoms with Gasteiger partial charge in [0.25, 0.3) is 5.91 Å². The van der Waals surface area contributed by atoms with Crippen LogP contribution >= 0.6 is 0 Å². The third-order valence-corrected chi connectivity index (χ3v) is 3.92. The molecule has 1 N–H and O–H groups in total. The maximum absolute atomic E-state index is 12.6. The van der Waals surface area contributed by atoms with E-state index >= 15 is 0 Å². The molecule has 0 atom stereocenters. The summed E-state index contributed by atoms with van der Waals surface area (Å²) >= 11 is 0. The van der Waals surface area contributed by atoms with Gasteiger partial charge in [0.2, 0.25) is 5.43 Å². The Hall–Kier alpha value is -3.41. The van der Waals surface area contributed by atoms with Crippen LogP contribution < -0.4 is 10.7 Å². The molecule has 3 rings (SSSR count). The van der Waals surface area contributed by atoms with Crippen LogP contribution in [0.3, 0.4) is 0 Å². The molecular weight excluding hydrogens is 320 g/mol. The van der Waals surface area contributed by atoms with Crippen molar-refractivity contribution < 1.29 is 14.3 Å². The maximum Gasteiger partial charge on any atom is 0.339 e. The Labute approximate surface area is 143 Å². The summed E-state index contributed by atoms with van der Waals surface area (Å²) in [6.07, 6.45) is 1.49. The number of benzene rings is 2. The first-order valence-corrected chi connectivity index (χ1v) is 7.60. The van der Waals surface area contributed by atoms with Gasteiger partial charge in [-0.1, -0.05) is 24.3 Å². The van der Waals surface area contributed by atoms with E-state index in [4.69, 9.17) is 4.74 Å². The molecule has 25 heavy (non-hydrogen) atoms. The van der Waals surface area contributed by atoms with Crippen LogP contribution in [-0.2, 0) is 11.8 Å². The highest BCUT2D eigenvalue weighted by atomic mass is 16.5. The van der Waals surface area contributed by atoms with Crippen LogP contribution in [0, 0.1) is 0 Å². The first-order valence-electron chi connectivity index (χ1n) is 7.60. The van der Waals surface area contributed by atoms with Gasteiger partial charge in [0.05, 0.1) is 23.9 Å². The van der Waals surface area contributed by atoms with E-state index in [9.17, 15) is 14.4 Å². The topological polar surface area (TPSA) is 77.4 Å². The summed E-state index contributed by atoms with van der Waals surface area (Å²) in [6.45, 7) is 0. The Bertz CT molecular complexity index is 1040. The number of nitrogens with one attached hydrogen (secondary N) is 1. The molecule has 0 saturated carbocycles. The third-order valence-electron chi connectivity index (χ3n) is 3.92. The van der Waals surface area contributed by atoms with Crippen LogP contribution in [0.4, 0.5) is 5.69 Å². The highest BCUT2D eigenvalue weighted by Crippen LogP contribution is 2.17. The first kappa shape index (κ1) is 16.4. The fourth-order valence-corrected chi connectivity index (χ4v) is 2.67. The highest BCUT2D eigenvalue weighted by molar-refractivity contribution is 6.08. The predicted octanol–water partition coefficient (Wildman–Crippen LogP) is 2.58. The fraction of sp³-hybridized carbons (Fsp3) is 0.105. The Morgan fingerprint density at radius 2 is 1.68 bits per heavy atom. The molecule has 6 heteroatoms. The monoisotopic (exact) mass is 336 g/mol. The van der Waals surface area contributed by atoms with Crippen LogP contribution in [0.2, 0.25) is 0 Å². The zero-order valence-electron chi connectivity index (χ0n) is 13.8. The number of esters is 1. The quantitative estimate of drug-likeness (QED) is 0.746. The molecule has 3 aromatic rings. The van der Waals surface area contributed by atoms with E-state index in [1.54, 1.807) is 48.0 Å². The summed E-state index contributed by atoms with van der Waals surface area (Å²) in [5.74, 6) is -1.15. The van der Waals surface area contributed by atoms with Gasteiger partial charge < -0.3 is 14.6 Å². The van der Waals surface area contributed by atoms with Gasteiger partial charge in [0, 0.05) is 18.6 Å². The number of carbonyl (C=O) groups excluding carboxylic acids is 2. The molecule has 0 fully saturated rings. The van der Waals surface area contributed by atoms with Crippen LogP contribution in [0.15, 0.2) is 59.5 Å². The van der Waals surface area contributed by atoms with Crippen molar-refractivity contribution in [3.8, 4) is 0 Å². The molecule has 6 nitrogen and oxygen atoms in total. The average Bonchev–Trinajstić information content (AvgIpc) is 2.64. The predicted molar refractivity (Wildman–Crippen MR) is 94.9 cm³/mol. The SMILES string of the molecule is COC(=O)c1ccccc1NC(=O)c1cn(C)c2ccccc2c1=O. The Kier molecular flexibility index (Phi) is 4.35. The highest BCUT2D eigenvalue weighted by Gasteiger charge is 2.18. The van der Waals surface area contributed by atoms with E-state index in [-0.39, 0.29) is 22.2 Å². The molecule has 0 bridgehead atoms. The molecule has 0 saturated heterocycles. The minimum atomic E-state index is -0.581. The van der Waals surface area contributed by atoms with Crippen LogP contribution in [0.5, 0.6) is 0 Å². The molecule has 1 aromatic heterocycles. The molecule has 126 valence electrons. The molecule has 0 radical (unpaired) electrons. The van der Waals surface area contributed by atoms with Gasteiger partial charge >= 0.3 is 5.97 Å². The van der Waals surface area contributed by atoms with Crippen molar-refractivity contribution in [1.82, 2.24) is 4.57 Å². The summed E-state index contributed by atoms with van der Waals surface area (Å²) in [5.41, 5.74) is 0.882. The van der Waals surface area contributed by atoms with Gasteiger partial charge in [0.15, 0.2) is 0 Å². The number of fused-ring (bicyclic) bond motifs is 1. The molecular formula is C19H16N2O4. The number of ether oxygens (including phenoxy) is 1. The second-order valence-corrected chi connectivity index (χ2v) is 5.49. The number of anilines is 1. The number of rotatable bonds is 3. The van der Waals surface area contributed by atoms with Gasteiger partial charge in [-0.2, -0.15) is 0 Å². The first-order chi connectivity index (χ1) is 12.0. The summed E-state index contributed by atoms with van der Waals surface area (Å²) in [7, 11) is 3.03. The van der Waals surface area contributed by atoms with Crippen molar-refractivity contribution in [2.24, 2.45) is 7.05 Å². The summed E-state index contributed by atoms with van der Waals surface area (Å²) in [5, 5.41) is 3.08. The van der Waals surface area contributed by atoms with Gasteiger partial charge in [-0.3, -0.25) is 9.59 Å². The van der Waals surface area contributed by atoms with Gasteiger partial charge in [-0.15, -0.1) is 0 Å². The van der Waals surface area contributed by atoms with Gasteiger partial charge in [-0.25, -0.2) is 4.79 Å². The number of amides is 1. The fourth-order valence-electron chi connectivity index (χ4n) is 2.67. The van der Waals surface area contributed by atoms with Gasteiger partial charge in [-0.05, 0) is 24.3 Å².